The molecule has 4 heterocycles. The van der Waals surface area contributed by atoms with E-state index < -0.39 is 5.60 Å². The minimum Gasteiger partial charge on any atom is -0.482 e. The number of β-amino-alcohol motifs (C(OH)–C–C–N with tert-alkyl or cyclic N) is 1. The maximum absolute atomic E-state index is 12.6. The number of para-hydroxylation sites is 1. The largest absolute Gasteiger partial charge is 0.482 e. The summed E-state index contributed by atoms with van der Waals surface area (Å²) in [7, 11) is 0. The highest BCUT2D eigenvalue weighted by Crippen LogP contribution is 2.52. The van der Waals surface area contributed by atoms with Gasteiger partial charge in [0.05, 0.1) is 19.3 Å². The van der Waals surface area contributed by atoms with Crippen LogP contribution in [0.25, 0.3) is 11.3 Å². The van der Waals surface area contributed by atoms with Gasteiger partial charge in [0.15, 0.2) is 0 Å². The number of rotatable bonds is 4. The van der Waals surface area contributed by atoms with Crippen LogP contribution in [0.3, 0.4) is 0 Å². The van der Waals surface area contributed by atoms with E-state index in [1.165, 1.54) is 5.56 Å². The number of aliphatic hydroxyl groups is 1. The van der Waals surface area contributed by atoms with Gasteiger partial charge in [-0.3, -0.25) is 9.58 Å². The number of hydrogen-bond acceptors (Lipinski definition) is 6. The Bertz CT molecular complexity index is 1130. The van der Waals surface area contributed by atoms with Crippen molar-refractivity contribution in [2.24, 2.45) is 0 Å². The van der Waals surface area contributed by atoms with Crippen molar-refractivity contribution < 1.29 is 19.4 Å². The van der Waals surface area contributed by atoms with Crippen molar-refractivity contribution in [2.45, 2.75) is 83.5 Å². The van der Waals surface area contributed by atoms with E-state index in [9.17, 15) is 9.90 Å². The Morgan fingerprint density at radius 1 is 1.25 bits per heavy atom. The van der Waals surface area contributed by atoms with Crippen molar-refractivity contribution in [3.05, 3.63) is 35.5 Å². The molecule has 8 nitrogen and oxygen atoms in total. The third-order valence-corrected chi connectivity index (χ3v) is 8.51. The van der Waals surface area contributed by atoms with Crippen molar-refractivity contribution in [3.8, 4) is 17.0 Å². The van der Waals surface area contributed by atoms with Crippen LogP contribution >= 0.6 is 0 Å². The predicted molar refractivity (Wildman–Crippen MR) is 138 cm³/mol. The zero-order chi connectivity index (χ0) is 25.7. The van der Waals surface area contributed by atoms with Crippen molar-refractivity contribution in [1.82, 2.24) is 19.6 Å². The van der Waals surface area contributed by atoms with Crippen molar-refractivity contribution in [1.29, 1.82) is 0 Å². The Morgan fingerprint density at radius 3 is 2.72 bits per heavy atom. The molecule has 5 rings (SSSR count). The second-order valence-corrected chi connectivity index (χ2v) is 11.2. The van der Waals surface area contributed by atoms with Crippen LogP contribution in [0, 0.1) is 6.92 Å². The first kappa shape index (κ1) is 25.1. The van der Waals surface area contributed by atoms with Gasteiger partial charge in [0.2, 0.25) is 0 Å². The van der Waals surface area contributed by atoms with E-state index >= 15 is 0 Å². The van der Waals surface area contributed by atoms with Gasteiger partial charge in [-0.05, 0) is 59.6 Å². The van der Waals surface area contributed by atoms with Crippen molar-refractivity contribution in [3.63, 3.8) is 0 Å². The number of likely N-dealkylation sites (tertiary alicyclic amines) is 2. The van der Waals surface area contributed by atoms with Gasteiger partial charge in [0, 0.05) is 60.9 Å². The van der Waals surface area contributed by atoms with Gasteiger partial charge in [-0.2, -0.15) is 5.10 Å². The number of aliphatic hydroxyl groups excluding tert-OH is 1. The van der Waals surface area contributed by atoms with E-state index in [2.05, 4.69) is 43.3 Å². The standard InChI is InChI=1S/C28H40N4O4/c1-6-35-26(34)31-14-12-28(17-19(31)2)24-20(3)32(21-11-13-30(15-16-33)27(4,5)18-21)29-25(24)22-9-7-8-10-23(22)36-28/h7-10,19,21,33H,6,11-18H2,1-5H3/t19-,21+,28+/m0/s1. The normalized spacial score (nSPS) is 27.3. The van der Waals surface area contributed by atoms with Crippen LogP contribution in [0.4, 0.5) is 4.79 Å². The smallest absolute Gasteiger partial charge is 0.409 e. The van der Waals surface area contributed by atoms with E-state index in [1.54, 1.807) is 0 Å². The Morgan fingerprint density at radius 2 is 2.03 bits per heavy atom. The van der Waals surface area contributed by atoms with E-state index in [-0.39, 0.29) is 30.3 Å². The number of fused-ring (bicyclic) bond motifs is 4. The molecule has 196 valence electrons. The molecule has 0 unspecified atom stereocenters. The molecule has 3 atom stereocenters. The molecule has 0 radical (unpaired) electrons. The van der Waals surface area contributed by atoms with Crippen LogP contribution in [0.15, 0.2) is 24.3 Å². The molecule has 1 amide bonds. The molecule has 3 aliphatic rings. The number of benzene rings is 1. The summed E-state index contributed by atoms with van der Waals surface area (Å²) in [5, 5.41) is 14.8. The summed E-state index contributed by atoms with van der Waals surface area (Å²) in [4.78, 5) is 16.8. The van der Waals surface area contributed by atoms with Gasteiger partial charge in [0.25, 0.3) is 0 Å². The molecule has 1 spiro atoms. The SMILES string of the molecule is CCOC(=O)N1CC[C@]2(C[C@@H]1C)Oc1ccccc1-c1nn([C@@H]3CCN(CCO)C(C)(C)C3)c(C)c12. The lowest BCUT2D eigenvalue weighted by Gasteiger charge is -2.47. The Kier molecular flexibility index (Phi) is 6.53. The first-order chi connectivity index (χ1) is 17.2. The summed E-state index contributed by atoms with van der Waals surface area (Å²) in [6.45, 7) is 13.4. The van der Waals surface area contributed by atoms with E-state index in [0.717, 1.165) is 42.1 Å². The molecule has 2 saturated heterocycles. The minimum absolute atomic E-state index is 0.0145. The van der Waals surface area contributed by atoms with Gasteiger partial charge in [-0.1, -0.05) is 12.1 Å². The molecular formula is C28H40N4O4. The quantitative estimate of drug-likeness (QED) is 0.672. The summed E-state index contributed by atoms with van der Waals surface area (Å²) in [5.74, 6) is 0.865. The summed E-state index contributed by atoms with van der Waals surface area (Å²) in [6, 6.07) is 8.45. The fourth-order valence-electron chi connectivity index (χ4n) is 6.79. The van der Waals surface area contributed by atoms with Gasteiger partial charge in [-0.15, -0.1) is 0 Å². The van der Waals surface area contributed by atoms with E-state index in [1.807, 2.05) is 30.0 Å². The van der Waals surface area contributed by atoms with E-state index in [0.29, 0.717) is 32.5 Å². The summed E-state index contributed by atoms with van der Waals surface area (Å²) >= 11 is 0. The molecular weight excluding hydrogens is 456 g/mol. The first-order valence-electron chi connectivity index (χ1n) is 13.4. The number of nitrogens with zero attached hydrogens (tertiary/aromatic N) is 4. The molecule has 0 bridgehead atoms. The summed E-state index contributed by atoms with van der Waals surface area (Å²) in [6.07, 6.45) is 3.11. The molecule has 3 aliphatic heterocycles. The lowest BCUT2D eigenvalue weighted by atomic mass is 9.77. The zero-order valence-electron chi connectivity index (χ0n) is 22.3. The second-order valence-electron chi connectivity index (χ2n) is 11.2. The average molecular weight is 497 g/mol. The molecule has 0 saturated carbocycles. The van der Waals surface area contributed by atoms with E-state index in [4.69, 9.17) is 14.6 Å². The number of carbonyl (C=O) groups is 1. The van der Waals surface area contributed by atoms with Crippen LogP contribution in [-0.2, 0) is 10.3 Å². The molecule has 0 aliphatic carbocycles. The minimum atomic E-state index is -0.526. The lowest BCUT2D eigenvalue weighted by molar-refractivity contribution is -0.0272. The predicted octanol–water partition coefficient (Wildman–Crippen LogP) is 4.49. The number of aromatic nitrogens is 2. The highest BCUT2D eigenvalue weighted by Gasteiger charge is 2.50. The molecule has 2 aromatic rings. The number of piperidine rings is 2. The third kappa shape index (κ3) is 4.08. The number of hydrogen-bond donors (Lipinski definition) is 1. The number of carbonyl (C=O) groups excluding carboxylic acids is 1. The van der Waals surface area contributed by atoms with Gasteiger partial charge in [-0.25, -0.2) is 4.79 Å². The molecule has 1 aromatic heterocycles. The summed E-state index contributed by atoms with van der Waals surface area (Å²) in [5.41, 5.74) is 3.84. The maximum atomic E-state index is 12.6. The Labute approximate surface area is 214 Å². The third-order valence-electron chi connectivity index (χ3n) is 8.51. The van der Waals surface area contributed by atoms with Crippen LogP contribution in [0.1, 0.15) is 70.7 Å². The monoisotopic (exact) mass is 496 g/mol. The lowest BCUT2D eigenvalue weighted by Crippen LogP contribution is -2.53. The van der Waals surface area contributed by atoms with Crippen LogP contribution in [0.2, 0.25) is 0 Å². The fourth-order valence-corrected chi connectivity index (χ4v) is 6.79. The van der Waals surface area contributed by atoms with Gasteiger partial charge >= 0.3 is 6.09 Å². The highest BCUT2D eigenvalue weighted by molar-refractivity contribution is 5.75. The van der Waals surface area contributed by atoms with Crippen LogP contribution in [-0.4, -0.2) is 75.2 Å². The molecule has 1 N–H and O–H groups in total. The van der Waals surface area contributed by atoms with Crippen molar-refractivity contribution >= 4 is 6.09 Å². The molecule has 2 fully saturated rings. The number of amides is 1. The Hall–Kier alpha value is -2.58. The second kappa shape index (κ2) is 9.38. The average Bonchev–Trinajstić information content (AvgIpc) is 3.19. The number of ether oxygens (including phenoxy) is 2. The first-order valence-corrected chi connectivity index (χ1v) is 13.4. The Balaban J connectivity index is 1.53. The highest BCUT2D eigenvalue weighted by atomic mass is 16.6. The van der Waals surface area contributed by atoms with Crippen molar-refractivity contribution in [2.75, 3.05) is 32.8 Å². The molecule has 8 heteroatoms. The fraction of sp³-hybridized carbons (Fsp3) is 0.643. The maximum Gasteiger partial charge on any atom is 0.409 e. The summed E-state index contributed by atoms with van der Waals surface area (Å²) < 4.78 is 14.4. The van der Waals surface area contributed by atoms with Crippen LogP contribution < -0.4 is 4.74 Å². The molecule has 1 aromatic carbocycles. The topological polar surface area (TPSA) is 80.1 Å². The zero-order valence-corrected chi connectivity index (χ0v) is 22.3. The molecule has 36 heavy (non-hydrogen) atoms. The van der Waals surface area contributed by atoms with Gasteiger partial charge in [0.1, 0.15) is 17.0 Å². The van der Waals surface area contributed by atoms with Crippen LogP contribution in [0.5, 0.6) is 5.75 Å². The van der Waals surface area contributed by atoms with Gasteiger partial charge < -0.3 is 19.5 Å².